The Hall–Kier alpha value is -2.72. The predicted octanol–water partition coefficient (Wildman–Crippen LogP) is 1.50. The molecular weight excluding hydrogens is 386 g/mol. The first-order valence-electron chi connectivity index (χ1n) is 8.66. The second kappa shape index (κ2) is 8.53. The Labute approximate surface area is 163 Å². The van der Waals surface area contributed by atoms with E-state index in [1.54, 1.807) is 0 Å². The van der Waals surface area contributed by atoms with Crippen molar-refractivity contribution in [2.45, 2.75) is 23.8 Å². The van der Waals surface area contributed by atoms with Gasteiger partial charge in [0.1, 0.15) is 6.10 Å². The third-order valence-corrected chi connectivity index (χ3v) is 6.24. The van der Waals surface area contributed by atoms with Crippen molar-refractivity contribution in [3.05, 3.63) is 42.2 Å². The van der Waals surface area contributed by atoms with Crippen LogP contribution in [0.3, 0.4) is 0 Å². The Morgan fingerprint density at radius 3 is 2.43 bits per heavy atom. The van der Waals surface area contributed by atoms with Crippen molar-refractivity contribution >= 4 is 16.0 Å². The Balaban J connectivity index is 1.74. The summed E-state index contributed by atoms with van der Waals surface area (Å²) in [5.74, 6) is -0.0362. The van der Waals surface area contributed by atoms with Crippen molar-refractivity contribution in [1.82, 2.24) is 14.3 Å². The number of benzene rings is 1. The van der Waals surface area contributed by atoms with Gasteiger partial charge in [-0.3, -0.25) is 0 Å². The van der Waals surface area contributed by atoms with Gasteiger partial charge in [0, 0.05) is 18.9 Å². The first-order valence-corrected chi connectivity index (χ1v) is 10.1. The van der Waals surface area contributed by atoms with E-state index in [1.807, 2.05) is 0 Å². The number of carbonyl (C=O) groups excluding carboxylic acids is 1. The lowest BCUT2D eigenvalue weighted by Crippen LogP contribution is -2.44. The lowest BCUT2D eigenvalue weighted by Gasteiger charge is -2.31. The summed E-state index contributed by atoms with van der Waals surface area (Å²) in [4.78, 5) is 19.8. The number of nitrogens with zero attached hydrogens (tertiary/aromatic N) is 3. The second-order valence-electron chi connectivity index (χ2n) is 6.13. The van der Waals surface area contributed by atoms with E-state index < -0.39 is 16.0 Å². The average molecular weight is 407 g/mol. The molecule has 1 unspecified atom stereocenters. The molecule has 10 heteroatoms. The van der Waals surface area contributed by atoms with E-state index >= 15 is 0 Å². The lowest BCUT2D eigenvalue weighted by molar-refractivity contribution is 0.0600. The first-order chi connectivity index (χ1) is 13.5. The zero-order valence-corrected chi connectivity index (χ0v) is 16.4. The molecule has 0 N–H and O–H groups in total. The van der Waals surface area contributed by atoms with Crippen LogP contribution in [0.2, 0.25) is 0 Å². The molecule has 9 nitrogen and oxygen atoms in total. The first kappa shape index (κ1) is 20.0. The van der Waals surface area contributed by atoms with Crippen LogP contribution in [0.5, 0.6) is 11.8 Å². The van der Waals surface area contributed by atoms with Crippen LogP contribution in [0.1, 0.15) is 23.2 Å². The Kier molecular flexibility index (Phi) is 6.10. The molecule has 1 aromatic carbocycles. The van der Waals surface area contributed by atoms with Crippen molar-refractivity contribution in [2.75, 3.05) is 27.3 Å². The largest absolute Gasteiger partial charge is 0.477 e. The number of rotatable bonds is 6. The molecule has 28 heavy (non-hydrogen) atoms. The van der Waals surface area contributed by atoms with Gasteiger partial charge < -0.3 is 14.2 Å². The van der Waals surface area contributed by atoms with Gasteiger partial charge in [0.2, 0.25) is 10.0 Å². The van der Waals surface area contributed by atoms with Crippen molar-refractivity contribution in [3.8, 4) is 11.8 Å². The van der Waals surface area contributed by atoms with E-state index in [0.717, 1.165) is 0 Å². The SMILES string of the molecule is COC(=O)c1ccc(S(=O)(=O)N2CCCC(Oc3nccnc3OC)C2)cc1. The maximum Gasteiger partial charge on any atom is 0.337 e. The molecule has 1 fully saturated rings. The van der Waals surface area contributed by atoms with Gasteiger partial charge in [0.15, 0.2) is 0 Å². The maximum atomic E-state index is 13.0. The third-order valence-electron chi connectivity index (χ3n) is 4.36. The smallest absolute Gasteiger partial charge is 0.337 e. The van der Waals surface area contributed by atoms with E-state index in [-0.39, 0.29) is 34.9 Å². The second-order valence-corrected chi connectivity index (χ2v) is 8.07. The van der Waals surface area contributed by atoms with Gasteiger partial charge in [-0.2, -0.15) is 4.31 Å². The molecule has 0 aliphatic carbocycles. The van der Waals surface area contributed by atoms with Crippen molar-refractivity contribution in [2.24, 2.45) is 0 Å². The van der Waals surface area contributed by atoms with Crippen LogP contribution in [-0.2, 0) is 14.8 Å². The van der Waals surface area contributed by atoms with Crippen molar-refractivity contribution in [3.63, 3.8) is 0 Å². The molecular formula is C18H21N3O6S. The predicted molar refractivity (Wildman–Crippen MR) is 98.8 cm³/mol. The van der Waals surface area contributed by atoms with Crippen molar-refractivity contribution in [1.29, 1.82) is 0 Å². The molecule has 1 saturated heterocycles. The van der Waals surface area contributed by atoms with Crippen LogP contribution in [0.15, 0.2) is 41.6 Å². The maximum absolute atomic E-state index is 13.0. The summed E-state index contributed by atoms with van der Waals surface area (Å²) in [5.41, 5.74) is 0.288. The van der Waals surface area contributed by atoms with E-state index in [4.69, 9.17) is 9.47 Å². The zero-order chi connectivity index (χ0) is 20.1. The number of hydrogen-bond acceptors (Lipinski definition) is 8. The molecule has 1 aliphatic heterocycles. The Morgan fingerprint density at radius 2 is 1.79 bits per heavy atom. The standard InChI is InChI=1S/C18H21N3O6S/c1-25-16-17(20-10-9-19-16)27-14-4-3-11-21(12-14)28(23,24)15-7-5-13(6-8-15)18(22)26-2/h5-10,14H,3-4,11-12H2,1-2H3. The quantitative estimate of drug-likeness (QED) is 0.663. The van der Waals surface area contributed by atoms with Crippen LogP contribution in [-0.4, -0.2) is 62.1 Å². The Bertz CT molecular complexity index is 933. The summed E-state index contributed by atoms with van der Waals surface area (Å²) in [5, 5.41) is 0. The topological polar surface area (TPSA) is 108 Å². The van der Waals surface area contributed by atoms with E-state index in [0.29, 0.717) is 19.4 Å². The molecule has 3 rings (SSSR count). The fourth-order valence-corrected chi connectivity index (χ4v) is 4.45. The fourth-order valence-electron chi connectivity index (χ4n) is 2.94. The molecule has 0 saturated carbocycles. The number of methoxy groups -OCH3 is 2. The number of ether oxygens (including phenoxy) is 3. The summed E-state index contributed by atoms with van der Waals surface area (Å²) in [7, 11) is -0.983. The van der Waals surface area contributed by atoms with Crippen LogP contribution in [0.4, 0.5) is 0 Å². The molecule has 0 amide bonds. The minimum atomic E-state index is -3.72. The monoisotopic (exact) mass is 407 g/mol. The van der Waals surface area contributed by atoms with Gasteiger partial charge in [0.05, 0.1) is 31.2 Å². The lowest BCUT2D eigenvalue weighted by atomic mass is 10.1. The molecule has 0 radical (unpaired) electrons. The molecule has 0 spiro atoms. The molecule has 1 atom stereocenters. The van der Waals surface area contributed by atoms with E-state index in [9.17, 15) is 13.2 Å². The molecule has 1 aromatic heterocycles. The van der Waals surface area contributed by atoms with Crippen molar-refractivity contribution < 1.29 is 27.4 Å². The molecule has 0 bridgehead atoms. The summed E-state index contributed by atoms with van der Waals surface area (Å²) in [6, 6.07) is 5.66. The fraction of sp³-hybridized carbons (Fsp3) is 0.389. The number of hydrogen-bond donors (Lipinski definition) is 0. The number of sulfonamides is 1. The van der Waals surface area contributed by atoms with E-state index in [1.165, 1.54) is 55.2 Å². The van der Waals surface area contributed by atoms with Crippen LogP contribution >= 0.6 is 0 Å². The minimum Gasteiger partial charge on any atom is -0.477 e. The van der Waals surface area contributed by atoms with Gasteiger partial charge in [-0.15, -0.1) is 0 Å². The summed E-state index contributed by atoms with van der Waals surface area (Å²) in [6.45, 7) is 0.569. The van der Waals surface area contributed by atoms with Gasteiger partial charge in [-0.25, -0.2) is 23.2 Å². The highest BCUT2D eigenvalue weighted by Gasteiger charge is 2.32. The number of aromatic nitrogens is 2. The number of carbonyl (C=O) groups is 1. The average Bonchev–Trinajstić information content (AvgIpc) is 2.74. The van der Waals surface area contributed by atoms with E-state index in [2.05, 4.69) is 14.7 Å². The number of piperidine rings is 1. The molecule has 150 valence electrons. The van der Waals surface area contributed by atoms with Crippen LogP contribution in [0.25, 0.3) is 0 Å². The van der Waals surface area contributed by atoms with Gasteiger partial charge in [-0.1, -0.05) is 0 Å². The number of esters is 1. The summed E-state index contributed by atoms with van der Waals surface area (Å²) >= 11 is 0. The molecule has 1 aliphatic rings. The normalized spacial score (nSPS) is 17.7. The highest BCUT2D eigenvalue weighted by molar-refractivity contribution is 7.89. The summed E-state index contributed by atoms with van der Waals surface area (Å²) < 4.78 is 42.9. The Morgan fingerprint density at radius 1 is 1.11 bits per heavy atom. The van der Waals surface area contributed by atoms with Crippen LogP contribution in [0, 0.1) is 0 Å². The minimum absolute atomic E-state index is 0.109. The zero-order valence-electron chi connectivity index (χ0n) is 15.6. The highest BCUT2D eigenvalue weighted by Crippen LogP contribution is 2.26. The molecule has 2 heterocycles. The van der Waals surface area contributed by atoms with Gasteiger partial charge in [0.25, 0.3) is 11.8 Å². The summed E-state index contributed by atoms with van der Waals surface area (Å²) in [6.07, 6.45) is 3.93. The molecule has 2 aromatic rings. The highest BCUT2D eigenvalue weighted by atomic mass is 32.2. The van der Waals surface area contributed by atoms with Crippen LogP contribution < -0.4 is 9.47 Å². The third kappa shape index (κ3) is 4.23. The van der Waals surface area contributed by atoms with Gasteiger partial charge >= 0.3 is 5.97 Å². The van der Waals surface area contributed by atoms with Gasteiger partial charge in [-0.05, 0) is 37.1 Å².